The number of aliphatic hydroxyl groups is 2. The van der Waals surface area contributed by atoms with Crippen molar-refractivity contribution in [3.05, 3.63) is 124 Å². The average Bonchev–Trinajstić information content (AvgIpc) is 3.60. The van der Waals surface area contributed by atoms with Crippen molar-refractivity contribution in [1.82, 2.24) is 15.0 Å². The van der Waals surface area contributed by atoms with Crippen LogP contribution < -0.4 is 9.80 Å². The molecule has 3 aromatic carbocycles. The molecule has 2 N–H and O–H groups in total. The van der Waals surface area contributed by atoms with E-state index < -0.39 is 22.3 Å². The van der Waals surface area contributed by atoms with E-state index in [1.54, 1.807) is 28.8 Å². The van der Waals surface area contributed by atoms with Crippen LogP contribution in [-0.4, -0.2) is 55.1 Å². The van der Waals surface area contributed by atoms with E-state index in [0.717, 1.165) is 16.8 Å². The van der Waals surface area contributed by atoms with Gasteiger partial charge in [0.2, 0.25) is 5.91 Å². The SMILES string of the molecule is C[C@@H](/C=C/CCn1cc(C(CO)c2ccccc2)nn1)[C@]1(O)C(=O)N(Cc2cccc(N3CCC3=O)c2)c2ccc([N+](=O)[O-])cc21. The normalized spacial score (nSPS) is 18.9. The Labute approximate surface area is 265 Å². The fraction of sp³-hybridized carbons (Fsp3) is 0.294. The summed E-state index contributed by atoms with van der Waals surface area (Å²) in [7, 11) is 0. The molecule has 1 fully saturated rings. The molecule has 6 rings (SSSR count). The molecule has 46 heavy (non-hydrogen) atoms. The molecule has 12 nitrogen and oxygen atoms in total. The third-order valence-electron chi connectivity index (χ3n) is 8.78. The number of non-ortho nitro benzene ring substituents is 1. The molecule has 1 unspecified atom stereocenters. The quantitative estimate of drug-likeness (QED) is 0.104. The largest absolute Gasteiger partial charge is 0.395 e. The van der Waals surface area contributed by atoms with Crippen LogP contribution in [0.5, 0.6) is 0 Å². The van der Waals surface area contributed by atoms with Crippen LogP contribution in [0.15, 0.2) is 91.1 Å². The van der Waals surface area contributed by atoms with E-state index in [1.807, 2.05) is 60.7 Å². The zero-order valence-electron chi connectivity index (χ0n) is 25.3. The summed E-state index contributed by atoms with van der Waals surface area (Å²) in [5.74, 6) is -1.56. The number of carbonyl (C=O) groups is 2. The fourth-order valence-electron chi connectivity index (χ4n) is 6.08. The first-order chi connectivity index (χ1) is 22.2. The number of aromatic nitrogens is 3. The fourth-order valence-corrected chi connectivity index (χ4v) is 6.08. The second-order valence-corrected chi connectivity index (χ2v) is 11.6. The molecule has 2 aliphatic heterocycles. The lowest BCUT2D eigenvalue weighted by atomic mass is 9.82. The van der Waals surface area contributed by atoms with Gasteiger partial charge in [0.15, 0.2) is 5.60 Å². The number of aliphatic hydroxyl groups excluding tert-OH is 1. The van der Waals surface area contributed by atoms with E-state index >= 15 is 0 Å². The average molecular weight is 623 g/mol. The molecule has 2 amide bonds. The van der Waals surface area contributed by atoms with Gasteiger partial charge in [0.1, 0.15) is 0 Å². The number of hydrogen-bond acceptors (Lipinski definition) is 8. The maximum Gasteiger partial charge on any atom is 0.269 e. The lowest BCUT2D eigenvalue weighted by molar-refractivity contribution is -0.385. The summed E-state index contributed by atoms with van der Waals surface area (Å²) in [4.78, 5) is 40.2. The highest BCUT2D eigenvalue weighted by molar-refractivity contribution is 6.07. The molecular formula is C34H34N6O6. The zero-order valence-corrected chi connectivity index (χ0v) is 25.3. The van der Waals surface area contributed by atoms with Crippen LogP contribution in [0.2, 0.25) is 0 Å². The van der Waals surface area contributed by atoms with Crippen LogP contribution in [0, 0.1) is 16.0 Å². The summed E-state index contributed by atoms with van der Waals surface area (Å²) in [6.45, 7) is 2.82. The summed E-state index contributed by atoms with van der Waals surface area (Å²) < 4.78 is 1.67. The molecule has 4 aromatic rings. The topological polar surface area (TPSA) is 155 Å². The Morgan fingerprint density at radius 3 is 2.59 bits per heavy atom. The van der Waals surface area contributed by atoms with Crippen molar-refractivity contribution in [2.75, 3.05) is 23.0 Å². The van der Waals surface area contributed by atoms with Gasteiger partial charge in [-0.3, -0.25) is 24.4 Å². The van der Waals surface area contributed by atoms with E-state index in [4.69, 9.17) is 0 Å². The van der Waals surface area contributed by atoms with Crippen LogP contribution in [0.3, 0.4) is 0 Å². The minimum atomic E-state index is -2.03. The van der Waals surface area contributed by atoms with Gasteiger partial charge in [-0.1, -0.05) is 66.8 Å². The molecule has 236 valence electrons. The first kappa shape index (κ1) is 30.8. The summed E-state index contributed by atoms with van der Waals surface area (Å²) in [6.07, 6.45) is 6.38. The van der Waals surface area contributed by atoms with Crippen molar-refractivity contribution in [3.8, 4) is 0 Å². The number of nitro groups is 1. The standard InChI is InChI=1S/C34H34N6O6/c1-23(8-5-6-16-37-21-30(35-36-37)28(22-41)25-10-3-2-4-11-25)34(44)29-19-27(40(45)46)13-14-31(29)39(33(34)43)20-24-9-7-12-26(18-24)38-17-15-32(38)42/h2-5,7-14,18-19,21,23,28,41,44H,6,15-17,20,22H2,1H3/b8-5+/t23-,28?,34+/m0/s1. The maximum atomic E-state index is 14.0. The summed E-state index contributed by atoms with van der Waals surface area (Å²) >= 11 is 0. The van der Waals surface area contributed by atoms with Crippen LogP contribution in [0.4, 0.5) is 17.1 Å². The van der Waals surface area contributed by atoms with E-state index in [9.17, 15) is 29.9 Å². The number of aryl methyl sites for hydroxylation is 1. The molecule has 3 atom stereocenters. The number of nitrogens with zero attached hydrogens (tertiary/aromatic N) is 6. The molecule has 0 saturated carbocycles. The highest BCUT2D eigenvalue weighted by Crippen LogP contribution is 2.47. The van der Waals surface area contributed by atoms with Gasteiger partial charge in [-0.05, 0) is 35.7 Å². The number of benzene rings is 3. The monoisotopic (exact) mass is 622 g/mol. The van der Waals surface area contributed by atoms with Gasteiger partial charge in [0.05, 0.1) is 35.4 Å². The minimum Gasteiger partial charge on any atom is -0.395 e. The number of fused-ring (bicyclic) bond motifs is 1. The van der Waals surface area contributed by atoms with Gasteiger partial charge in [-0.2, -0.15) is 0 Å². The number of hydrogen-bond donors (Lipinski definition) is 2. The first-order valence-electron chi connectivity index (χ1n) is 15.2. The van der Waals surface area contributed by atoms with Crippen LogP contribution >= 0.6 is 0 Å². The molecule has 12 heteroatoms. The third-order valence-corrected chi connectivity index (χ3v) is 8.78. The van der Waals surface area contributed by atoms with Crippen molar-refractivity contribution in [3.63, 3.8) is 0 Å². The molecule has 0 aliphatic carbocycles. The van der Waals surface area contributed by atoms with Crippen LogP contribution in [-0.2, 0) is 28.3 Å². The molecule has 2 aliphatic rings. The van der Waals surface area contributed by atoms with E-state index in [-0.39, 0.29) is 36.2 Å². The van der Waals surface area contributed by atoms with Crippen molar-refractivity contribution >= 4 is 28.9 Å². The lowest BCUT2D eigenvalue weighted by Gasteiger charge is -2.31. The van der Waals surface area contributed by atoms with Gasteiger partial charge < -0.3 is 20.0 Å². The predicted octanol–water partition coefficient (Wildman–Crippen LogP) is 4.06. The smallest absolute Gasteiger partial charge is 0.269 e. The van der Waals surface area contributed by atoms with Gasteiger partial charge in [-0.25, -0.2) is 0 Å². The number of β-lactam (4-membered cyclic amide) rings is 1. The predicted molar refractivity (Wildman–Crippen MR) is 170 cm³/mol. The van der Waals surface area contributed by atoms with Crippen LogP contribution in [0.1, 0.15) is 48.1 Å². The minimum absolute atomic E-state index is 0.0350. The maximum absolute atomic E-state index is 14.0. The molecular weight excluding hydrogens is 588 g/mol. The van der Waals surface area contributed by atoms with Crippen molar-refractivity contribution in [2.45, 2.75) is 44.4 Å². The van der Waals surface area contributed by atoms with Gasteiger partial charge >= 0.3 is 0 Å². The van der Waals surface area contributed by atoms with Crippen molar-refractivity contribution in [2.24, 2.45) is 5.92 Å². The Morgan fingerprint density at radius 1 is 1.09 bits per heavy atom. The second-order valence-electron chi connectivity index (χ2n) is 11.6. The molecule has 0 spiro atoms. The number of rotatable bonds is 12. The van der Waals surface area contributed by atoms with Gasteiger partial charge in [-0.15, -0.1) is 5.10 Å². The molecule has 1 aromatic heterocycles. The zero-order chi connectivity index (χ0) is 32.4. The number of anilines is 2. The number of nitro benzene ring substituents is 1. The van der Waals surface area contributed by atoms with E-state index in [1.165, 1.54) is 23.1 Å². The Morgan fingerprint density at radius 2 is 1.89 bits per heavy atom. The molecule has 0 radical (unpaired) electrons. The van der Waals surface area contributed by atoms with Crippen LogP contribution in [0.25, 0.3) is 0 Å². The van der Waals surface area contributed by atoms with Crippen molar-refractivity contribution < 1.29 is 24.7 Å². The Hall–Kier alpha value is -5.20. The molecule has 3 heterocycles. The number of amides is 2. The molecule has 0 bridgehead atoms. The summed E-state index contributed by atoms with van der Waals surface area (Å²) in [5.41, 5.74) is 1.40. The second kappa shape index (κ2) is 12.7. The van der Waals surface area contributed by atoms with Gasteiger partial charge in [0.25, 0.3) is 11.6 Å². The first-order valence-corrected chi connectivity index (χ1v) is 15.2. The highest BCUT2D eigenvalue weighted by Gasteiger charge is 2.53. The van der Waals surface area contributed by atoms with Crippen molar-refractivity contribution in [1.29, 1.82) is 0 Å². The third kappa shape index (κ3) is 5.68. The summed E-state index contributed by atoms with van der Waals surface area (Å²) in [5, 5.41) is 42.0. The molecule has 1 saturated heterocycles. The highest BCUT2D eigenvalue weighted by atomic mass is 16.6. The Kier molecular flexibility index (Phi) is 8.48. The lowest BCUT2D eigenvalue weighted by Crippen LogP contribution is -2.44. The Bertz CT molecular complexity index is 1810. The number of carbonyl (C=O) groups excluding carboxylic acids is 2. The van der Waals surface area contributed by atoms with E-state index in [0.29, 0.717) is 37.3 Å². The van der Waals surface area contributed by atoms with Gasteiger partial charge in [0, 0.05) is 55.0 Å². The number of allylic oxidation sites excluding steroid dienone is 1. The Balaban J connectivity index is 1.19. The van der Waals surface area contributed by atoms with E-state index in [2.05, 4.69) is 10.3 Å². The summed E-state index contributed by atoms with van der Waals surface area (Å²) in [6, 6.07) is 21.0.